The summed E-state index contributed by atoms with van der Waals surface area (Å²) in [7, 11) is 0. The summed E-state index contributed by atoms with van der Waals surface area (Å²) < 4.78 is 0. The van der Waals surface area contributed by atoms with E-state index in [1.54, 1.807) is 40.7 Å². The lowest BCUT2D eigenvalue weighted by Gasteiger charge is -2.38. The molecule has 2 unspecified atom stereocenters. The molecule has 0 spiro atoms. The fourth-order valence-corrected chi connectivity index (χ4v) is 8.19. The van der Waals surface area contributed by atoms with Gasteiger partial charge in [0.05, 0.1) is 10.6 Å². The molecule has 2 atom stereocenters. The zero-order valence-electron chi connectivity index (χ0n) is 36.5. The van der Waals surface area contributed by atoms with Gasteiger partial charge in [0.25, 0.3) is 23.6 Å². The quantitative estimate of drug-likeness (QED) is 0.0871. The van der Waals surface area contributed by atoms with E-state index in [9.17, 15) is 28.8 Å². The predicted molar refractivity (Wildman–Crippen MR) is 222 cm³/mol. The number of unbranched alkanes of at least 4 members (excludes halogenated alkanes) is 2. The third-order valence-electron chi connectivity index (χ3n) is 10.2. The second-order valence-electron chi connectivity index (χ2n) is 17.3. The van der Waals surface area contributed by atoms with E-state index in [-0.39, 0.29) is 11.1 Å². The maximum absolute atomic E-state index is 14.6. The van der Waals surface area contributed by atoms with Crippen LogP contribution in [0, 0.1) is 17.8 Å². The van der Waals surface area contributed by atoms with Crippen molar-refractivity contribution < 1.29 is 28.8 Å². The van der Waals surface area contributed by atoms with Crippen molar-refractivity contribution in [1.29, 1.82) is 0 Å². The van der Waals surface area contributed by atoms with Crippen LogP contribution in [-0.2, 0) is 34.2 Å². The maximum atomic E-state index is 14.6. The molecule has 12 heteroatoms. The molecule has 0 aliphatic carbocycles. The minimum Gasteiger partial charge on any atom is -0.348 e. The van der Waals surface area contributed by atoms with Gasteiger partial charge in [-0.25, -0.2) is 4.98 Å². The van der Waals surface area contributed by atoms with Gasteiger partial charge < -0.3 is 4.90 Å². The van der Waals surface area contributed by atoms with Gasteiger partial charge in [-0.3, -0.25) is 33.7 Å². The summed E-state index contributed by atoms with van der Waals surface area (Å²) in [5.41, 5.74) is -1.21. The minimum atomic E-state index is -1.15. The summed E-state index contributed by atoms with van der Waals surface area (Å²) in [6.07, 6.45) is 10.5. The SMILES string of the molecule is CCCCC(CC)CN(CC(CC)CCCC)c1nc(C(C)(C)C)c(/C=C2\C(=O)N(N(C(C)=O)C(=O)C(C)C)C(=O)C(C(=O)N(C(C)=O)C(C)(C)C)=C2C)s1. The Balaban J connectivity index is 3.04. The van der Waals surface area contributed by atoms with E-state index in [2.05, 4.69) is 32.6 Å². The molecule has 0 radical (unpaired) electrons. The molecule has 1 aliphatic heterocycles. The van der Waals surface area contributed by atoms with Crippen molar-refractivity contribution in [3.05, 3.63) is 27.3 Å². The van der Waals surface area contributed by atoms with Crippen LogP contribution in [0.3, 0.4) is 0 Å². The molecule has 2 rings (SSSR count). The number of nitrogens with zero attached hydrogens (tertiary/aromatic N) is 5. The van der Waals surface area contributed by atoms with Crippen LogP contribution in [0.5, 0.6) is 0 Å². The smallest absolute Gasteiger partial charge is 0.286 e. The number of carbonyl (C=O) groups excluding carboxylic acids is 6. The Morgan fingerprint density at radius 1 is 0.818 bits per heavy atom. The highest BCUT2D eigenvalue weighted by molar-refractivity contribution is 7.16. The van der Waals surface area contributed by atoms with E-state index in [0.29, 0.717) is 26.7 Å². The Morgan fingerprint density at radius 2 is 1.33 bits per heavy atom. The van der Waals surface area contributed by atoms with Crippen molar-refractivity contribution in [1.82, 2.24) is 19.9 Å². The number of hydrogen-bond acceptors (Lipinski definition) is 9. The van der Waals surface area contributed by atoms with Gasteiger partial charge in [-0.2, -0.15) is 10.0 Å². The van der Waals surface area contributed by atoms with Crippen molar-refractivity contribution in [2.24, 2.45) is 17.8 Å². The summed E-state index contributed by atoms with van der Waals surface area (Å²) in [4.78, 5) is 92.1. The van der Waals surface area contributed by atoms with Gasteiger partial charge in [0, 0.05) is 49.4 Å². The second kappa shape index (κ2) is 20.0. The third kappa shape index (κ3) is 11.7. The van der Waals surface area contributed by atoms with Crippen LogP contribution >= 0.6 is 11.3 Å². The highest BCUT2D eigenvalue weighted by atomic mass is 32.1. The van der Waals surface area contributed by atoms with Gasteiger partial charge >= 0.3 is 0 Å². The second-order valence-corrected chi connectivity index (χ2v) is 18.3. The molecule has 1 aromatic rings. The number of amides is 6. The molecule has 1 aliphatic rings. The average Bonchev–Trinajstić information content (AvgIpc) is 3.51. The lowest BCUT2D eigenvalue weighted by Crippen LogP contribution is -2.60. The van der Waals surface area contributed by atoms with E-state index in [0.717, 1.165) is 87.1 Å². The summed E-state index contributed by atoms with van der Waals surface area (Å²) >= 11 is 1.46. The highest BCUT2D eigenvalue weighted by Crippen LogP contribution is 2.39. The lowest BCUT2D eigenvalue weighted by atomic mass is 9.89. The molecular formula is C43H69N5O6S. The van der Waals surface area contributed by atoms with Gasteiger partial charge in [-0.05, 0) is 64.0 Å². The molecule has 0 N–H and O–H groups in total. The summed E-state index contributed by atoms with van der Waals surface area (Å²) in [6.45, 7) is 28.7. The molecule has 0 fully saturated rings. The fraction of sp³-hybridized carbons (Fsp3) is 0.698. The molecule has 0 saturated heterocycles. The molecule has 0 saturated carbocycles. The number of carbonyl (C=O) groups is 6. The molecular weight excluding hydrogens is 715 g/mol. The number of thiazole rings is 1. The van der Waals surface area contributed by atoms with Crippen LogP contribution in [0.2, 0.25) is 0 Å². The minimum absolute atomic E-state index is 0.0424. The van der Waals surface area contributed by atoms with Crippen molar-refractivity contribution in [3.8, 4) is 0 Å². The van der Waals surface area contributed by atoms with Crippen molar-refractivity contribution in [3.63, 3.8) is 0 Å². The van der Waals surface area contributed by atoms with E-state index < -0.39 is 57.9 Å². The zero-order chi connectivity index (χ0) is 42.2. The van der Waals surface area contributed by atoms with Crippen LogP contribution in [0.1, 0.15) is 166 Å². The largest absolute Gasteiger partial charge is 0.348 e. The Hall–Kier alpha value is -3.67. The lowest BCUT2D eigenvalue weighted by molar-refractivity contribution is -0.178. The Morgan fingerprint density at radius 3 is 1.71 bits per heavy atom. The van der Waals surface area contributed by atoms with Gasteiger partial charge in [0.2, 0.25) is 11.8 Å². The van der Waals surface area contributed by atoms with Gasteiger partial charge in [0.15, 0.2) is 5.13 Å². The average molecular weight is 784 g/mol. The van der Waals surface area contributed by atoms with Crippen molar-refractivity contribution >= 4 is 58.0 Å². The standard InChI is InChI=1S/C43H69N5O6S/c1-16-20-22-31(18-3)25-45(26-32(19-4)23-21-17-2)41-44-36(42(10,11)12)34(55-41)24-33-28(7)35(39(53)46(29(8)49)43(13,14)15)40(54)48(38(33)52)47(30(9)50)37(51)27(5)6/h24,27,31-32H,16-23,25-26H2,1-15H3/b33-24-. The third-order valence-corrected chi connectivity index (χ3v) is 11.2. The van der Waals surface area contributed by atoms with Crippen LogP contribution in [0.25, 0.3) is 6.08 Å². The first-order valence-electron chi connectivity index (χ1n) is 20.3. The van der Waals surface area contributed by atoms with Gasteiger partial charge in [-0.1, -0.05) is 112 Å². The molecule has 308 valence electrons. The van der Waals surface area contributed by atoms with Crippen LogP contribution in [-0.4, -0.2) is 74.0 Å². The molecule has 55 heavy (non-hydrogen) atoms. The number of hydrazine groups is 1. The Kier molecular flexibility index (Phi) is 17.2. The van der Waals surface area contributed by atoms with Crippen LogP contribution in [0.4, 0.5) is 5.13 Å². The fourth-order valence-electron chi connectivity index (χ4n) is 6.95. The molecule has 0 aromatic carbocycles. The number of aromatic nitrogens is 1. The molecule has 6 amide bonds. The predicted octanol–water partition coefficient (Wildman–Crippen LogP) is 8.87. The Labute approximate surface area is 334 Å². The first kappa shape index (κ1) is 47.5. The normalized spacial score (nSPS) is 15.9. The van der Waals surface area contributed by atoms with E-state index in [1.807, 2.05) is 20.8 Å². The van der Waals surface area contributed by atoms with Gasteiger partial charge in [-0.15, -0.1) is 0 Å². The number of anilines is 1. The molecule has 2 heterocycles. The van der Waals surface area contributed by atoms with Crippen LogP contribution < -0.4 is 4.90 Å². The molecule has 1 aromatic heterocycles. The number of imide groups is 3. The van der Waals surface area contributed by atoms with Crippen LogP contribution in [0.15, 0.2) is 16.7 Å². The van der Waals surface area contributed by atoms with E-state index in [1.165, 1.54) is 25.2 Å². The van der Waals surface area contributed by atoms with Crippen molar-refractivity contribution in [2.75, 3.05) is 18.0 Å². The molecule has 0 bridgehead atoms. The summed E-state index contributed by atoms with van der Waals surface area (Å²) in [5.74, 6) is -5.04. The summed E-state index contributed by atoms with van der Waals surface area (Å²) in [5, 5.41) is 1.83. The zero-order valence-corrected chi connectivity index (χ0v) is 37.3. The maximum Gasteiger partial charge on any atom is 0.286 e. The van der Waals surface area contributed by atoms with Gasteiger partial charge in [0.1, 0.15) is 5.57 Å². The number of rotatable bonds is 17. The topological polar surface area (TPSA) is 128 Å². The highest BCUT2D eigenvalue weighted by Gasteiger charge is 2.48. The van der Waals surface area contributed by atoms with Crippen molar-refractivity contribution in [2.45, 2.75) is 166 Å². The monoisotopic (exact) mass is 783 g/mol. The van der Waals surface area contributed by atoms with E-state index in [4.69, 9.17) is 4.98 Å². The summed E-state index contributed by atoms with van der Waals surface area (Å²) in [6, 6.07) is 0. The Bertz CT molecular complexity index is 1620. The van der Waals surface area contributed by atoms with E-state index >= 15 is 0 Å². The number of hydrogen-bond donors (Lipinski definition) is 0. The first-order chi connectivity index (χ1) is 25.5. The first-order valence-corrected chi connectivity index (χ1v) is 21.1. The molecule has 11 nitrogen and oxygen atoms in total.